The van der Waals surface area contributed by atoms with Crippen molar-refractivity contribution in [1.29, 1.82) is 0 Å². The molecule has 0 radical (unpaired) electrons. The third-order valence-corrected chi connectivity index (χ3v) is 5.12. The Kier molecular flexibility index (Phi) is 4.84. The van der Waals surface area contributed by atoms with Crippen LogP contribution in [0.4, 0.5) is 8.78 Å². The summed E-state index contributed by atoms with van der Waals surface area (Å²) >= 11 is 0. The third-order valence-electron chi connectivity index (χ3n) is 5.12. The Balaban J connectivity index is 1.79. The van der Waals surface area contributed by atoms with Crippen molar-refractivity contribution in [1.82, 2.24) is 0 Å². The Morgan fingerprint density at radius 1 is 0.923 bits per heavy atom. The van der Waals surface area contributed by atoms with Crippen molar-refractivity contribution >= 4 is 12.6 Å². The lowest BCUT2D eigenvalue weighted by Crippen LogP contribution is -2.41. The van der Waals surface area contributed by atoms with Crippen molar-refractivity contribution in [2.45, 2.75) is 52.4 Å². The Morgan fingerprint density at radius 2 is 1.58 bits per heavy atom. The summed E-state index contributed by atoms with van der Waals surface area (Å²) in [6.07, 6.45) is 0. The standard InChI is InChI=1S/C20H23BF2O3/c1-13-6-7-16(22)8-14(13)12-24-18-10-15(9-17(23)11-18)21-25-19(2,3)20(4,5)26-21/h6-11H,12H2,1-5H3. The number of benzene rings is 2. The Bertz CT molecular complexity index is 805. The molecule has 1 aliphatic heterocycles. The van der Waals surface area contributed by atoms with Gasteiger partial charge in [0.15, 0.2) is 0 Å². The highest BCUT2D eigenvalue weighted by Gasteiger charge is 2.51. The van der Waals surface area contributed by atoms with Crippen LogP contribution in [-0.2, 0) is 15.9 Å². The normalized spacial score (nSPS) is 18.2. The van der Waals surface area contributed by atoms with Crippen molar-refractivity contribution in [2.24, 2.45) is 0 Å². The van der Waals surface area contributed by atoms with E-state index in [0.29, 0.717) is 16.8 Å². The van der Waals surface area contributed by atoms with Crippen molar-refractivity contribution in [3.8, 4) is 5.75 Å². The largest absolute Gasteiger partial charge is 0.495 e. The van der Waals surface area contributed by atoms with Gasteiger partial charge in [-0.05, 0) is 75.5 Å². The monoisotopic (exact) mass is 360 g/mol. The lowest BCUT2D eigenvalue weighted by atomic mass is 9.79. The zero-order chi connectivity index (χ0) is 19.1. The Morgan fingerprint density at radius 3 is 2.23 bits per heavy atom. The van der Waals surface area contributed by atoms with Gasteiger partial charge in [-0.15, -0.1) is 0 Å². The van der Waals surface area contributed by atoms with Crippen molar-refractivity contribution < 1.29 is 22.8 Å². The van der Waals surface area contributed by atoms with E-state index >= 15 is 0 Å². The molecule has 2 aromatic carbocycles. The molecule has 0 spiro atoms. The molecule has 1 aliphatic rings. The second-order valence-electron chi connectivity index (χ2n) is 7.67. The molecule has 0 bridgehead atoms. The topological polar surface area (TPSA) is 27.7 Å². The van der Waals surface area contributed by atoms with Gasteiger partial charge in [-0.2, -0.15) is 0 Å². The lowest BCUT2D eigenvalue weighted by Gasteiger charge is -2.32. The molecule has 0 amide bonds. The van der Waals surface area contributed by atoms with Gasteiger partial charge < -0.3 is 14.0 Å². The number of hydrogen-bond acceptors (Lipinski definition) is 3. The molecule has 0 unspecified atom stereocenters. The minimum atomic E-state index is -0.672. The predicted octanol–water partition coefficient (Wildman–Crippen LogP) is 4.15. The second kappa shape index (κ2) is 6.67. The third kappa shape index (κ3) is 3.76. The molecule has 2 aromatic rings. The van der Waals surface area contributed by atoms with E-state index in [0.717, 1.165) is 5.56 Å². The van der Waals surface area contributed by atoms with Gasteiger partial charge in [-0.25, -0.2) is 8.78 Å². The smallest absolute Gasteiger partial charge is 0.489 e. The Labute approximate surface area is 153 Å². The molecule has 0 atom stereocenters. The van der Waals surface area contributed by atoms with Crippen LogP contribution in [0.1, 0.15) is 38.8 Å². The number of ether oxygens (including phenoxy) is 1. The highest BCUT2D eigenvalue weighted by Crippen LogP contribution is 2.36. The molecular weight excluding hydrogens is 337 g/mol. The lowest BCUT2D eigenvalue weighted by molar-refractivity contribution is 0.00578. The molecule has 1 heterocycles. The van der Waals surface area contributed by atoms with Gasteiger partial charge in [0.2, 0.25) is 0 Å². The number of rotatable bonds is 4. The molecule has 26 heavy (non-hydrogen) atoms. The van der Waals surface area contributed by atoms with Gasteiger partial charge in [0.1, 0.15) is 24.0 Å². The molecule has 1 saturated heterocycles. The molecule has 6 heteroatoms. The first kappa shape index (κ1) is 18.9. The summed E-state index contributed by atoms with van der Waals surface area (Å²) in [4.78, 5) is 0. The van der Waals surface area contributed by atoms with E-state index in [1.165, 1.54) is 24.3 Å². The van der Waals surface area contributed by atoms with Gasteiger partial charge >= 0.3 is 7.12 Å². The molecule has 0 aromatic heterocycles. The van der Waals surface area contributed by atoms with E-state index in [1.54, 1.807) is 12.1 Å². The van der Waals surface area contributed by atoms with E-state index in [-0.39, 0.29) is 12.4 Å². The second-order valence-corrected chi connectivity index (χ2v) is 7.67. The summed E-state index contributed by atoms with van der Waals surface area (Å²) in [5.74, 6) is -0.423. The maximum Gasteiger partial charge on any atom is 0.495 e. The molecule has 138 valence electrons. The van der Waals surface area contributed by atoms with Crippen LogP contribution in [-0.4, -0.2) is 18.3 Å². The molecular formula is C20H23BF2O3. The molecule has 0 aliphatic carbocycles. The van der Waals surface area contributed by atoms with Gasteiger partial charge in [-0.1, -0.05) is 6.07 Å². The average molecular weight is 360 g/mol. The molecule has 3 nitrogen and oxygen atoms in total. The molecule has 3 rings (SSSR count). The van der Waals surface area contributed by atoms with Crippen LogP contribution < -0.4 is 10.2 Å². The highest BCUT2D eigenvalue weighted by molar-refractivity contribution is 6.62. The van der Waals surface area contributed by atoms with E-state index in [4.69, 9.17) is 14.0 Å². The molecule has 1 fully saturated rings. The predicted molar refractivity (Wildman–Crippen MR) is 97.6 cm³/mol. The number of halogens is 2. The summed E-state index contributed by atoms with van der Waals surface area (Å²) in [7, 11) is -0.672. The van der Waals surface area contributed by atoms with Crippen LogP contribution in [0, 0.1) is 18.6 Å². The van der Waals surface area contributed by atoms with Crippen LogP contribution >= 0.6 is 0 Å². The minimum Gasteiger partial charge on any atom is -0.489 e. The van der Waals surface area contributed by atoms with Crippen molar-refractivity contribution in [2.75, 3.05) is 0 Å². The fourth-order valence-electron chi connectivity index (χ4n) is 2.74. The summed E-state index contributed by atoms with van der Waals surface area (Å²) < 4.78 is 45.1. The zero-order valence-corrected chi connectivity index (χ0v) is 15.7. The number of hydrogen-bond donors (Lipinski definition) is 0. The first-order chi connectivity index (χ1) is 12.1. The molecule has 0 saturated carbocycles. The summed E-state index contributed by atoms with van der Waals surface area (Å²) in [6, 6.07) is 8.88. The van der Waals surface area contributed by atoms with Crippen LogP contribution in [0.3, 0.4) is 0 Å². The van der Waals surface area contributed by atoms with Gasteiger partial charge in [0.25, 0.3) is 0 Å². The average Bonchev–Trinajstić information content (AvgIpc) is 2.76. The maximum atomic E-state index is 14.1. The van der Waals surface area contributed by atoms with Crippen LogP contribution in [0.25, 0.3) is 0 Å². The summed E-state index contributed by atoms with van der Waals surface area (Å²) in [6.45, 7) is 9.79. The zero-order valence-electron chi connectivity index (χ0n) is 15.7. The van der Waals surface area contributed by atoms with E-state index in [9.17, 15) is 8.78 Å². The van der Waals surface area contributed by atoms with Gasteiger partial charge in [0, 0.05) is 6.07 Å². The quantitative estimate of drug-likeness (QED) is 0.767. The fraction of sp³-hybridized carbons (Fsp3) is 0.400. The van der Waals surface area contributed by atoms with Crippen LogP contribution in [0.5, 0.6) is 5.75 Å². The first-order valence-corrected chi connectivity index (χ1v) is 8.61. The Hall–Kier alpha value is -1.92. The minimum absolute atomic E-state index is 0.149. The molecule has 0 N–H and O–H groups in total. The first-order valence-electron chi connectivity index (χ1n) is 8.61. The summed E-state index contributed by atoms with van der Waals surface area (Å²) in [5, 5.41) is 0. The van der Waals surface area contributed by atoms with Gasteiger partial charge in [0.05, 0.1) is 11.2 Å². The van der Waals surface area contributed by atoms with E-state index in [2.05, 4.69) is 0 Å². The van der Waals surface area contributed by atoms with Crippen molar-refractivity contribution in [3.63, 3.8) is 0 Å². The van der Waals surface area contributed by atoms with Crippen LogP contribution in [0.15, 0.2) is 36.4 Å². The van der Waals surface area contributed by atoms with E-state index in [1.807, 2.05) is 34.6 Å². The number of aryl methyl sites for hydroxylation is 1. The maximum absolute atomic E-state index is 14.1. The van der Waals surface area contributed by atoms with Crippen LogP contribution in [0.2, 0.25) is 0 Å². The SMILES string of the molecule is Cc1ccc(F)cc1COc1cc(F)cc(B2OC(C)(C)C(C)(C)O2)c1. The fourth-order valence-corrected chi connectivity index (χ4v) is 2.74. The van der Waals surface area contributed by atoms with E-state index < -0.39 is 24.1 Å². The van der Waals surface area contributed by atoms with Gasteiger partial charge in [-0.3, -0.25) is 0 Å². The highest BCUT2D eigenvalue weighted by atomic mass is 19.1. The van der Waals surface area contributed by atoms with Crippen molar-refractivity contribution in [3.05, 3.63) is 59.2 Å². The summed E-state index contributed by atoms with van der Waals surface area (Å²) in [5.41, 5.74) is 1.16.